The molecule has 0 spiro atoms. The fourth-order valence-electron chi connectivity index (χ4n) is 10.6. The number of ether oxygens (including phenoxy) is 2. The van der Waals surface area contributed by atoms with Crippen LogP contribution in [0.1, 0.15) is 73.2 Å². The molecular formula is C58H58F6N10O8. The highest BCUT2D eigenvalue weighted by Gasteiger charge is 2.47. The van der Waals surface area contributed by atoms with Crippen molar-refractivity contribution < 1.29 is 64.6 Å². The van der Waals surface area contributed by atoms with Crippen LogP contribution < -0.4 is 9.80 Å². The number of benzene rings is 4. The SMILES string of the molecule is CCOC(=O)C1=C(C)N(c2cccc(C(F)(F)F)c2)C(=O)N(CC(=O)N2CCN(CCN3CCN(C(=O)CN4C(=O)N(c5cccc(C(F)(F)F)c5)C(C)=C(C(=O)OCC)C4c4ccc(C#N)cc4)CC3)CC2)C1c1ccc(C#N)cc1. The van der Waals surface area contributed by atoms with E-state index < -0.39 is 84.5 Å². The van der Waals surface area contributed by atoms with Gasteiger partial charge < -0.3 is 29.1 Å². The molecule has 0 bridgehead atoms. The van der Waals surface area contributed by atoms with Gasteiger partial charge in [0.1, 0.15) is 13.1 Å². The largest absolute Gasteiger partial charge is 0.463 e. The predicted molar refractivity (Wildman–Crippen MR) is 285 cm³/mol. The molecule has 4 heterocycles. The molecule has 24 heteroatoms. The van der Waals surface area contributed by atoms with E-state index in [1.54, 1.807) is 23.6 Å². The summed E-state index contributed by atoms with van der Waals surface area (Å²) in [6.45, 7) is 8.57. The van der Waals surface area contributed by atoms with Crippen molar-refractivity contribution in [2.45, 2.75) is 52.1 Å². The Balaban J connectivity index is 0.929. The first-order chi connectivity index (χ1) is 39.1. The van der Waals surface area contributed by atoms with Crippen LogP contribution in [0.4, 0.5) is 47.3 Å². The van der Waals surface area contributed by atoms with Crippen LogP contribution >= 0.6 is 0 Å². The van der Waals surface area contributed by atoms with Crippen LogP contribution in [0.25, 0.3) is 0 Å². The lowest BCUT2D eigenvalue weighted by Gasteiger charge is -2.44. The first kappa shape index (κ1) is 59.4. The van der Waals surface area contributed by atoms with Crippen molar-refractivity contribution in [2.24, 2.45) is 0 Å². The zero-order valence-electron chi connectivity index (χ0n) is 45.3. The second kappa shape index (κ2) is 25.0. The summed E-state index contributed by atoms with van der Waals surface area (Å²) >= 11 is 0. The number of esters is 2. The van der Waals surface area contributed by atoms with Gasteiger partial charge in [-0.25, -0.2) is 19.2 Å². The number of amides is 6. The van der Waals surface area contributed by atoms with Crippen LogP contribution in [0, 0.1) is 22.7 Å². The normalized spacial score (nSPS) is 18.6. The maximum absolute atomic E-state index is 14.7. The summed E-state index contributed by atoms with van der Waals surface area (Å²) in [7, 11) is 0. The minimum Gasteiger partial charge on any atom is -0.463 e. The summed E-state index contributed by atoms with van der Waals surface area (Å²) in [4.78, 5) is 97.3. The van der Waals surface area contributed by atoms with E-state index in [2.05, 4.69) is 9.80 Å². The van der Waals surface area contributed by atoms with E-state index in [-0.39, 0.29) is 84.4 Å². The molecule has 2 unspecified atom stereocenters. The summed E-state index contributed by atoms with van der Waals surface area (Å²) in [5.41, 5.74) is -1.36. The van der Waals surface area contributed by atoms with Crippen LogP contribution in [0.5, 0.6) is 0 Å². The quantitative estimate of drug-likeness (QED) is 0.0822. The zero-order chi connectivity index (χ0) is 59.2. The monoisotopic (exact) mass is 1140 g/mol. The maximum Gasteiger partial charge on any atom is 0.416 e. The number of piperazine rings is 2. The third kappa shape index (κ3) is 12.7. The van der Waals surface area contributed by atoms with Gasteiger partial charge in [-0.15, -0.1) is 0 Å². The number of urea groups is 2. The van der Waals surface area contributed by atoms with Gasteiger partial charge >= 0.3 is 36.4 Å². The molecule has 2 atom stereocenters. The number of nitrogens with zero attached hydrogens (tertiary/aromatic N) is 10. The number of nitriles is 2. The van der Waals surface area contributed by atoms with Gasteiger partial charge in [-0.1, -0.05) is 36.4 Å². The van der Waals surface area contributed by atoms with Crippen LogP contribution in [0.15, 0.2) is 120 Å². The van der Waals surface area contributed by atoms with Gasteiger partial charge in [0, 0.05) is 76.8 Å². The van der Waals surface area contributed by atoms with Crippen LogP contribution in [-0.4, -0.2) is 157 Å². The lowest BCUT2D eigenvalue weighted by Crippen LogP contribution is -2.57. The Morgan fingerprint density at radius 2 is 0.878 bits per heavy atom. The lowest BCUT2D eigenvalue weighted by molar-refractivity contribution is -0.140. The van der Waals surface area contributed by atoms with E-state index in [9.17, 15) is 65.6 Å². The van der Waals surface area contributed by atoms with E-state index >= 15 is 0 Å². The maximum atomic E-state index is 14.7. The van der Waals surface area contributed by atoms with Gasteiger partial charge in [0.2, 0.25) is 11.8 Å². The Labute approximate surface area is 469 Å². The molecular weight excluding hydrogens is 1080 g/mol. The number of rotatable bonds is 15. The van der Waals surface area contributed by atoms with Crippen molar-refractivity contribution in [3.05, 3.63) is 153 Å². The number of hydrogen-bond acceptors (Lipinski definition) is 12. The Morgan fingerprint density at radius 1 is 0.537 bits per heavy atom. The molecule has 4 aliphatic rings. The highest BCUT2D eigenvalue weighted by Crippen LogP contribution is 2.44. The molecule has 4 aromatic carbocycles. The van der Waals surface area contributed by atoms with E-state index in [1.807, 2.05) is 12.1 Å². The number of carbonyl (C=O) groups excluding carboxylic acids is 6. The fourth-order valence-corrected chi connectivity index (χ4v) is 10.6. The van der Waals surface area contributed by atoms with Gasteiger partial charge in [-0.2, -0.15) is 36.9 Å². The van der Waals surface area contributed by atoms with Crippen molar-refractivity contribution >= 4 is 47.2 Å². The van der Waals surface area contributed by atoms with Crippen molar-refractivity contribution in [1.29, 1.82) is 10.5 Å². The van der Waals surface area contributed by atoms with Crippen LogP contribution in [-0.2, 0) is 41.0 Å². The van der Waals surface area contributed by atoms with Gasteiger partial charge in [0.15, 0.2) is 0 Å². The first-order valence-electron chi connectivity index (χ1n) is 26.4. The average molecular weight is 1140 g/mol. The van der Waals surface area contributed by atoms with Gasteiger partial charge in [-0.05, 0) is 99.5 Å². The minimum absolute atomic E-state index is 0.00383. The molecule has 0 aromatic heterocycles. The summed E-state index contributed by atoms with van der Waals surface area (Å²) < 4.78 is 94.7. The fraction of sp³-hybridized carbons (Fsp3) is 0.379. The molecule has 18 nitrogen and oxygen atoms in total. The second-order valence-corrected chi connectivity index (χ2v) is 19.7. The molecule has 8 rings (SSSR count). The van der Waals surface area contributed by atoms with E-state index in [0.29, 0.717) is 50.4 Å². The van der Waals surface area contributed by atoms with Crippen LogP contribution in [0.2, 0.25) is 0 Å². The minimum atomic E-state index is -4.76. The van der Waals surface area contributed by atoms with Gasteiger partial charge in [0.25, 0.3) is 0 Å². The Kier molecular flexibility index (Phi) is 18.1. The number of carbonyl (C=O) groups is 6. The number of hydrogen-bond donors (Lipinski definition) is 0. The summed E-state index contributed by atoms with van der Waals surface area (Å²) in [6, 6.07) is 20.1. The number of anilines is 2. The summed E-state index contributed by atoms with van der Waals surface area (Å²) in [5, 5.41) is 19.0. The molecule has 0 radical (unpaired) electrons. The average Bonchev–Trinajstić information content (AvgIpc) is 1.72. The van der Waals surface area contributed by atoms with Crippen molar-refractivity contribution in [3.8, 4) is 12.1 Å². The third-order valence-corrected chi connectivity index (χ3v) is 14.9. The predicted octanol–water partition coefficient (Wildman–Crippen LogP) is 8.10. The molecule has 4 aliphatic heterocycles. The summed E-state index contributed by atoms with van der Waals surface area (Å²) in [6.07, 6.45) is -9.52. The highest BCUT2D eigenvalue weighted by molar-refractivity contribution is 6.06. The van der Waals surface area contributed by atoms with E-state index in [0.717, 1.165) is 56.0 Å². The molecule has 0 N–H and O–H groups in total. The number of allylic oxidation sites excluding steroid dienone is 2. The topological polar surface area (TPSA) is 194 Å². The molecule has 0 saturated carbocycles. The molecule has 2 fully saturated rings. The molecule has 430 valence electrons. The number of alkyl halides is 6. The van der Waals surface area contributed by atoms with E-state index in [1.165, 1.54) is 74.5 Å². The van der Waals surface area contributed by atoms with E-state index in [4.69, 9.17) is 9.47 Å². The Hall–Kier alpha value is -8.74. The smallest absolute Gasteiger partial charge is 0.416 e. The van der Waals surface area contributed by atoms with Crippen molar-refractivity contribution in [2.75, 3.05) is 102 Å². The Bertz CT molecular complexity index is 3030. The summed E-state index contributed by atoms with van der Waals surface area (Å²) in [5.74, 6) is -2.68. The third-order valence-electron chi connectivity index (χ3n) is 14.9. The molecule has 2 saturated heterocycles. The second-order valence-electron chi connectivity index (χ2n) is 19.7. The van der Waals surface area contributed by atoms with Crippen molar-refractivity contribution in [1.82, 2.24) is 29.4 Å². The molecule has 0 aliphatic carbocycles. The molecule has 4 aromatic rings. The molecule has 82 heavy (non-hydrogen) atoms. The molecule has 6 amide bonds. The standard InChI is InChI=1S/C58H58F6N10O8/c1-5-81-53(77)49-37(3)73(45-11-7-9-43(31-45)57(59,60)61)55(79)71(51(49)41-17-13-39(33-65)14-18-41)35-47(75)69-27-23-67(24-28-69)21-22-68-25-29-70(30-26-68)48(76)36-72-52(42-19-15-40(34-66)16-20-42)50(54(78)82-6-2)38(4)74(56(72)80)46-12-8-10-44(32-46)58(62,63)64/h7-20,31-32,51-52H,5-6,21-30,35-36H2,1-4H3. The first-order valence-corrected chi connectivity index (χ1v) is 26.4. The van der Waals surface area contributed by atoms with Gasteiger partial charge in [0.05, 0.1) is 82.2 Å². The van der Waals surface area contributed by atoms with Crippen LogP contribution in [0.3, 0.4) is 0 Å². The van der Waals surface area contributed by atoms with Crippen molar-refractivity contribution in [3.63, 3.8) is 0 Å². The highest BCUT2D eigenvalue weighted by atomic mass is 19.4. The lowest BCUT2D eigenvalue weighted by atomic mass is 9.92. The van der Waals surface area contributed by atoms with Gasteiger partial charge in [-0.3, -0.25) is 29.2 Å². The zero-order valence-corrected chi connectivity index (χ0v) is 45.3. The Morgan fingerprint density at radius 3 is 1.18 bits per heavy atom. The number of halogens is 6.